The molecule has 0 aromatic heterocycles. The van der Waals surface area contributed by atoms with E-state index in [1.165, 1.54) is 4.31 Å². The number of carbonyl (C=O) groups is 1. The first-order valence-corrected chi connectivity index (χ1v) is 11.2. The van der Waals surface area contributed by atoms with Crippen LogP contribution in [0.25, 0.3) is 0 Å². The van der Waals surface area contributed by atoms with Crippen LogP contribution in [0.15, 0.2) is 53.4 Å². The van der Waals surface area contributed by atoms with Crippen LogP contribution in [0.3, 0.4) is 0 Å². The first-order chi connectivity index (χ1) is 13.9. The highest BCUT2D eigenvalue weighted by Crippen LogP contribution is 2.25. The molecule has 1 saturated heterocycles. The van der Waals surface area contributed by atoms with Gasteiger partial charge < -0.3 is 9.47 Å². The van der Waals surface area contributed by atoms with Gasteiger partial charge in [-0.15, -0.1) is 0 Å². The number of ether oxygens (including phenoxy) is 2. The number of aryl methyl sites for hydroxylation is 2. The van der Waals surface area contributed by atoms with Gasteiger partial charge in [0, 0.05) is 13.1 Å². The monoisotopic (exact) mass is 417 g/mol. The summed E-state index contributed by atoms with van der Waals surface area (Å²) in [7, 11) is -3.52. The second-order valence-corrected chi connectivity index (χ2v) is 9.21. The number of esters is 1. The molecule has 0 spiro atoms. The van der Waals surface area contributed by atoms with Gasteiger partial charge in [0.05, 0.1) is 10.8 Å². The molecule has 3 rings (SSSR count). The Labute approximate surface area is 172 Å². The Morgan fingerprint density at radius 2 is 1.66 bits per heavy atom. The van der Waals surface area contributed by atoms with Crippen molar-refractivity contribution in [3.63, 3.8) is 0 Å². The summed E-state index contributed by atoms with van der Waals surface area (Å²) < 4.78 is 37.9. The van der Waals surface area contributed by atoms with E-state index in [1.807, 2.05) is 38.1 Å². The molecule has 156 valence electrons. The van der Waals surface area contributed by atoms with E-state index in [9.17, 15) is 13.2 Å². The number of piperidine rings is 1. The maximum atomic E-state index is 12.7. The lowest BCUT2D eigenvalue weighted by Crippen LogP contribution is -2.40. The summed E-state index contributed by atoms with van der Waals surface area (Å²) in [6.45, 7) is 4.97. The summed E-state index contributed by atoms with van der Waals surface area (Å²) in [5.41, 5.74) is 2.04. The summed E-state index contributed by atoms with van der Waals surface area (Å²) in [6.07, 6.45) is 0.922. The van der Waals surface area contributed by atoms with Crippen molar-refractivity contribution in [1.82, 2.24) is 4.31 Å². The Hall–Kier alpha value is -2.38. The summed E-state index contributed by atoms with van der Waals surface area (Å²) in [5, 5.41) is 0. The lowest BCUT2D eigenvalue weighted by Gasteiger charge is -2.30. The third-order valence-corrected chi connectivity index (χ3v) is 7.04. The maximum Gasteiger partial charge on any atom is 0.309 e. The number of sulfonamides is 1. The summed E-state index contributed by atoms with van der Waals surface area (Å²) in [5.74, 6) is 0.210. The molecule has 1 aliphatic heterocycles. The second kappa shape index (κ2) is 9.41. The van der Waals surface area contributed by atoms with Gasteiger partial charge in [0.25, 0.3) is 0 Å². The Morgan fingerprint density at radius 1 is 1.00 bits per heavy atom. The average molecular weight is 418 g/mol. The fourth-order valence-electron chi connectivity index (χ4n) is 3.32. The average Bonchev–Trinajstić information content (AvgIpc) is 2.72. The highest BCUT2D eigenvalue weighted by Gasteiger charge is 2.32. The van der Waals surface area contributed by atoms with Gasteiger partial charge in [-0.3, -0.25) is 4.79 Å². The Kier molecular flexibility index (Phi) is 6.92. The first kappa shape index (κ1) is 21.3. The van der Waals surface area contributed by atoms with E-state index in [0.29, 0.717) is 25.9 Å². The van der Waals surface area contributed by atoms with Crippen LogP contribution in [-0.2, 0) is 19.6 Å². The first-order valence-electron chi connectivity index (χ1n) is 9.80. The largest absolute Gasteiger partial charge is 0.490 e. The van der Waals surface area contributed by atoms with Gasteiger partial charge in [-0.1, -0.05) is 35.9 Å². The zero-order valence-electron chi connectivity index (χ0n) is 16.8. The van der Waals surface area contributed by atoms with E-state index in [2.05, 4.69) is 0 Å². The molecule has 0 bridgehead atoms. The fraction of sp³-hybridized carbons (Fsp3) is 0.409. The van der Waals surface area contributed by atoms with Gasteiger partial charge in [-0.25, -0.2) is 8.42 Å². The molecule has 2 aromatic rings. The molecule has 0 N–H and O–H groups in total. The van der Waals surface area contributed by atoms with Gasteiger partial charge >= 0.3 is 5.97 Å². The zero-order chi connectivity index (χ0) is 20.9. The van der Waals surface area contributed by atoms with Crippen LogP contribution >= 0.6 is 0 Å². The molecule has 0 unspecified atom stereocenters. The predicted octanol–water partition coefficient (Wildman–Crippen LogP) is 3.33. The van der Waals surface area contributed by atoms with Crippen LogP contribution in [0.4, 0.5) is 0 Å². The van der Waals surface area contributed by atoms with E-state index in [1.54, 1.807) is 24.3 Å². The topological polar surface area (TPSA) is 72.9 Å². The van der Waals surface area contributed by atoms with Gasteiger partial charge in [0.15, 0.2) is 0 Å². The van der Waals surface area contributed by atoms with Crippen molar-refractivity contribution < 1.29 is 22.7 Å². The molecule has 2 aromatic carbocycles. The minimum absolute atomic E-state index is 0.176. The molecule has 1 fully saturated rings. The highest BCUT2D eigenvalue weighted by atomic mass is 32.2. The molecule has 7 heteroatoms. The number of nitrogens with zero attached hydrogens (tertiary/aromatic N) is 1. The van der Waals surface area contributed by atoms with Crippen molar-refractivity contribution in [3.8, 4) is 5.75 Å². The van der Waals surface area contributed by atoms with Crippen LogP contribution < -0.4 is 4.74 Å². The Balaban J connectivity index is 1.44. The normalized spacial score (nSPS) is 15.8. The van der Waals surface area contributed by atoms with E-state index in [0.717, 1.165) is 16.9 Å². The molecule has 0 atom stereocenters. The van der Waals surface area contributed by atoms with Gasteiger partial charge in [0.1, 0.15) is 19.0 Å². The molecule has 29 heavy (non-hydrogen) atoms. The third-order valence-electron chi connectivity index (χ3n) is 5.12. The summed E-state index contributed by atoms with van der Waals surface area (Å²) in [4.78, 5) is 12.6. The fourth-order valence-corrected chi connectivity index (χ4v) is 4.79. The number of para-hydroxylation sites is 1. The van der Waals surface area contributed by atoms with Gasteiger partial charge in [0.2, 0.25) is 10.0 Å². The number of hydrogen-bond donors (Lipinski definition) is 0. The van der Waals surface area contributed by atoms with Gasteiger partial charge in [-0.05, 0) is 50.5 Å². The quantitative estimate of drug-likeness (QED) is 0.510. The summed E-state index contributed by atoms with van der Waals surface area (Å²) >= 11 is 0. The molecule has 6 nitrogen and oxygen atoms in total. The zero-order valence-corrected chi connectivity index (χ0v) is 17.7. The van der Waals surface area contributed by atoms with Crippen molar-refractivity contribution in [2.45, 2.75) is 31.6 Å². The maximum absolute atomic E-state index is 12.7. The molecule has 0 saturated carbocycles. The number of hydrogen-bond acceptors (Lipinski definition) is 5. The van der Waals surface area contributed by atoms with Crippen molar-refractivity contribution in [2.24, 2.45) is 5.92 Å². The molecule has 1 aliphatic rings. The standard InChI is InChI=1S/C22H27NO5S/c1-17-7-9-20(10-8-17)29(25,26)23-13-11-19(12-14-23)22(24)28-16-15-27-21-6-4-3-5-18(21)2/h3-10,19H,11-16H2,1-2H3. The predicted molar refractivity (Wildman–Crippen MR) is 110 cm³/mol. The highest BCUT2D eigenvalue weighted by molar-refractivity contribution is 7.89. The molecule has 0 radical (unpaired) electrons. The number of rotatable bonds is 7. The lowest BCUT2D eigenvalue weighted by atomic mass is 9.98. The SMILES string of the molecule is Cc1ccc(S(=O)(=O)N2CCC(C(=O)OCCOc3ccccc3C)CC2)cc1. The van der Waals surface area contributed by atoms with Crippen LogP contribution in [-0.4, -0.2) is 45.0 Å². The lowest BCUT2D eigenvalue weighted by molar-refractivity contribution is -0.150. The van der Waals surface area contributed by atoms with Gasteiger partial charge in [-0.2, -0.15) is 4.31 Å². The van der Waals surface area contributed by atoms with E-state index >= 15 is 0 Å². The van der Waals surface area contributed by atoms with Crippen LogP contribution in [0.5, 0.6) is 5.75 Å². The van der Waals surface area contributed by atoms with Crippen LogP contribution in [0.1, 0.15) is 24.0 Å². The van der Waals surface area contributed by atoms with Crippen molar-refractivity contribution in [3.05, 3.63) is 59.7 Å². The Bertz CT molecular complexity index is 932. The molecular weight excluding hydrogens is 390 g/mol. The smallest absolute Gasteiger partial charge is 0.309 e. The van der Waals surface area contributed by atoms with E-state index in [-0.39, 0.29) is 30.0 Å². The van der Waals surface area contributed by atoms with E-state index in [4.69, 9.17) is 9.47 Å². The number of benzene rings is 2. The van der Waals surface area contributed by atoms with Crippen LogP contribution in [0.2, 0.25) is 0 Å². The second-order valence-electron chi connectivity index (χ2n) is 7.27. The molecule has 0 amide bonds. The summed E-state index contributed by atoms with van der Waals surface area (Å²) in [6, 6.07) is 14.5. The van der Waals surface area contributed by atoms with Crippen molar-refractivity contribution in [2.75, 3.05) is 26.3 Å². The third kappa shape index (κ3) is 5.36. The molecule has 0 aliphatic carbocycles. The van der Waals surface area contributed by atoms with E-state index < -0.39 is 10.0 Å². The molecular formula is C22H27NO5S. The molecule has 1 heterocycles. The Morgan fingerprint density at radius 3 is 2.31 bits per heavy atom. The minimum atomic E-state index is -3.52. The van der Waals surface area contributed by atoms with Crippen LogP contribution in [0, 0.1) is 19.8 Å². The van der Waals surface area contributed by atoms with Crippen molar-refractivity contribution in [1.29, 1.82) is 0 Å². The number of carbonyl (C=O) groups excluding carboxylic acids is 1. The van der Waals surface area contributed by atoms with Crippen molar-refractivity contribution >= 4 is 16.0 Å². The minimum Gasteiger partial charge on any atom is -0.490 e.